The molecule has 4 rings (SSSR count). The Bertz CT molecular complexity index is 1000. The van der Waals surface area contributed by atoms with Crippen LogP contribution in [0.3, 0.4) is 0 Å². The molecule has 0 bridgehead atoms. The first kappa shape index (κ1) is 18.7. The van der Waals surface area contributed by atoms with Crippen LogP contribution in [-0.2, 0) is 12.6 Å². The lowest BCUT2D eigenvalue weighted by atomic mass is 10.0. The smallest absolute Gasteiger partial charge is 0.318 e. The molecule has 9 nitrogen and oxygen atoms in total. The molecule has 0 radical (unpaired) electrons. The normalized spacial score (nSPS) is 20.1. The van der Waals surface area contributed by atoms with Crippen LogP contribution in [0.1, 0.15) is 51.6 Å². The lowest BCUT2D eigenvalue weighted by molar-refractivity contribution is 0.181. The second-order valence-electron chi connectivity index (χ2n) is 8.39. The molecule has 1 aliphatic rings. The monoisotopic (exact) mass is 385 g/mol. The minimum atomic E-state index is -0.229. The first-order valence-electron chi connectivity index (χ1n) is 9.55. The molecule has 2 atom stereocenters. The summed E-state index contributed by atoms with van der Waals surface area (Å²) in [6, 6.07) is 2.38. The Hall–Kier alpha value is -2.68. The summed E-state index contributed by atoms with van der Waals surface area (Å²) in [7, 11) is 3.38. The first-order chi connectivity index (χ1) is 13.3. The summed E-state index contributed by atoms with van der Waals surface area (Å²) in [5.74, 6) is 1.82. The summed E-state index contributed by atoms with van der Waals surface area (Å²) in [5.41, 5.74) is 1.49. The van der Waals surface area contributed by atoms with Crippen LogP contribution >= 0.6 is 0 Å². The SMILES string of the molecule is COc1ncc2c(Nc3cc([C@@H]4CC[C@H](O)C4)nn3C(C)(C)C)nn(C)c2n1. The van der Waals surface area contributed by atoms with Gasteiger partial charge in [-0.3, -0.25) is 0 Å². The van der Waals surface area contributed by atoms with E-state index >= 15 is 0 Å². The van der Waals surface area contributed by atoms with Crippen molar-refractivity contribution in [3.05, 3.63) is 18.0 Å². The average molecular weight is 385 g/mol. The summed E-state index contributed by atoms with van der Waals surface area (Å²) in [4.78, 5) is 8.59. The van der Waals surface area contributed by atoms with Gasteiger partial charge in [0.05, 0.1) is 29.8 Å². The van der Waals surface area contributed by atoms with Gasteiger partial charge in [-0.1, -0.05) is 0 Å². The number of rotatable bonds is 4. The number of hydrogen-bond donors (Lipinski definition) is 2. The number of anilines is 2. The van der Waals surface area contributed by atoms with Crippen LogP contribution in [0, 0.1) is 0 Å². The number of hydrogen-bond acceptors (Lipinski definition) is 7. The van der Waals surface area contributed by atoms with Gasteiger partial charge in [-0.25, -0.2) is 14.3 Å². The predicted octanol–water partition coefficient (Wildman–Crippen LogP) is 2.70. The van der Waals surface area contributed by atoms with Crippen LogP contribution in [0.4, 0.5) is 11.6 Å². The van der Waals surface area contributed by atoms with Gasteiger partial charge in [-0.2, -0.15) is 15.2 Å². The number of aromatic nitrogens is 6. The van der Waals surface area contributed by atoms with Gasteiger partial charge in [0.1, 0.15) is 5.82 Å². The third-order valence-electron chi connectivity index (χ3n) is 5.17. The minimum Gasteiger partial charge on any atom is -0.467 e. The Morgan fingerprint density at radius 1 is 1.25 bits per heavy atom. The predicted molar refractivity (Wildman–Crippen MR) is 106 cm³/mol. The quantitative estimate of drug-likeness (QED) is 0.712. The molecule has 0 aromatic carbocycles. The third kappa shape index (κ3) is 3.30. The summed E-state index contributed by atoms with van der Waals surface area (Å²) >= 11 is 0. The van der Waals surface area contributed by atoms with E-state index in [4.69, 9.17) is 9.84 Å². The van der Waals surface area contributed by atoms with E-state index in [9.17, 15) is 5.11 Å². The molecule has 1 fully saturated rings. The molecule has 0 amide bonds. The van der Waals surface area contributed by atoms with Crippen LogP contribution in [0.25, 0.3) is 11.0 Å². The van der Waals surface area contributed by atoms with Crippen LogP contribution in [0.5, 0.6) is 6.01 Å². The van der Waals surface area contributed by atoms with Gasteiger partial charge in [0.25, 0.3) is 0 Å². The standard InChI is InChI=1S/C19H27N7O2/c1-19(2,3)26-15(9-14(23-26)11-6-7-12(27)8-11)21-16-13-10-20-18(28-5)22-17(13)25(4)24-16/h9-12,27H,6-8H2,1-5H3,(H,21,24)/t11-,12+/m1/s1. The van der Waals surface area contributed by atoms with E-state index in [0.717, 1.165) is 36.2 Å². The minimum absolute atomic E-state index is 0.206. The highest BCUT2D eigenvalue weighted by Crippen LogP contribution is 2.37. The molecule has 0 aliphatic heterocycles. The molecule has 9 heteroatoms. The van der Waals surface area contributed by atoms with Crippen molar-refractivity contribution in [2.75, 3.05) is 12.4 Å². The average Bonchev–Trinajstić information content (AvgIpc) is 3.33. The zero-order chi connectivity index (χ0) is 20.1. The van der Waals surface area contributed by atoms with E-state index in [0.29, 0.717) is 17.5 Å². The molecule has 1 saturated carbocycles. The number of aliphatic hydroxyl groups is 1. The summed E-state index contributed by atoms with van der Waals surface area (Å²) < 4.78 is 8.81. The van der Waals surface area contributed by atoms with Crippen LogP contribution < -0.4 is 10.1 Å². The van der Waals surface area contributed by atoms with Crippen molar-refractivity contribution < 1.29 is 9.84 Å². The van der Waals surface area contributed by atoms with Crippen LogP contribution in [-0.4, -0.2) is 47.8 Å². The fourth-order valence-electron chi connectivity index (χ4n) is 3.76. The van der Waals surface area contributed by atoms with Gasteiger partial charge in [-0.05, 0) is 40.0 Å². The van der Waals surface area contributed by atoms with Crippen molar-refractivity contribution in [2.45, 2.75) is 57.6 Å². The number of nitrogens with zero attached hydrogens (tertiary/aromatic N) is 6. The fourth-order valence-corrected chi connectivity index (χ4v) is 3.76. The maximum atomic E-state index is 9.91. The molecule has 0 saturated heterocycles. The number of methoxy groups -OCH3 is 1. The van der Waals surface area contributed by atoms with Crippen molar-refractivity contribution in [1.29, 1.82) is 0 Å². The Morgan fingerprint density at radius 3 is 2.68 bits per heavy atom. The number of ether oxygens (including phenoxy) is 1. The molecule has 28 heavy (non-hydrogen) atoms. The number of aryl methyl sites for hydroxylation is 1. The van der Waals surface area contributed by atoms with E-state index in [1.54, 1.807) is 18.0 Å². The van der Waals surface area contributed by atoms with Gasteiger partial charge in [0.2, 0.25) is 0 Å². The van der Waals surface area contributed by atoms with E-state index < -0.39 is 0 Å². The van der Waals surface area contributed by atoms with Gasteiger partial charge in [0, 0.05) is 25.2 Å². The highest BCUT2D eigenvalue weighted by Gasteiger charge is 2.29. The second-order valence-corrected chi connectivity index (χ2v) is 8.39. The topological polar surface area (TPSA) is 103 Å². The number of fused-ring (bicyclic) bond motifs is 1. The lowest BCUT2D eigenvalue weighted by Crippen LogP contribution is -2.24. The maximum Gasteiger partial charge on any atom is 0.318 e. The Balaban J connectivity index is 1.73. The van der Waals surface area contributed by atoms with Crippen LogP contribution in [0.2, 0.25) is 0 Å². The van der Waals surface area contributed by atoms with Gasteiger partial charge < -0.3 is 15.2 Å². The molecule has 3 aromatic heterocycles. The fraction of sp³-hybridized carbons (Fsp3) is 0.579. The second kappa shape index (κ2) is 6.73. The molecular weight excluding hydrogens is 358 g/mol. The van der Waals surface area contributed by atoms with Crippen LogP contribution in [0.15, 0.2) is 12.3 Å². The molecule has 3 heterocycles. The van der Waals surface area contributed by atoms with Crippen molar-refractivity contribution in [2.24, 2.45) is 7.05 Å². The number of nitrogens with one attached hydrogen (secondary N) is 1. The molecule has 0 spiro atoms. The Labute approximate surface area is 163 Å². The molecule has 1 aliphatic carbocycles. The zero-order valence-corrected chi connectivity index (χ0v) is 17.0. The number of aliphatic hydroxyl groups excluding tert-OH is 1. The van der Waals surface area contributed by atoms with E-state index in [1.807, 2.05) is 11.7 Å². The van der Waals surface area contributed by atoms with Crippen molar-refractivity contribution in [3.8, 4) is 6.01 Å². The van der Waals surface area contributed by atoms with E-state index in [-0.39, 0.29) is 17.6 Å². The molecule has 0 unspecified atom stereocenters. The Morgan fingerprint density at radius 2 is 2.04 bits per heavy atom. The molecule has 150 valence electrons. The largest absolute Gasteiger partial charge is 0.467 e. The summed E-state index contributed by atoms with van der Waals surface area (Å²) in [6.45, 7) is 6.34. The highest BCUT2D eigenvalue weighted by molar-refractivity contribution is 5.88. The maximum absolute atomic E-state index is 9.91. The van der Waals surface area contributed by atoms with Gasteiger partial charge in [0.15, 0.2) is 11.5 Å². The van der Waals surface area contributed by atoms with Crippen molar-refractivity contribution in [3.63, 3.8) is 0 Å². The first-order valence-corrected chi connectivity index (χ1v) is 9.55. The van der Waals surface area contributed by atoms with E-state index in [1.165, 1.54) is 0 Å². The molecule has 3 aromatic rings. The lowest BCUT2D eigenvalue weighted by Gasteiger charge is -2.22. The summed E-state index contributed by atoms with van der Waals surface area (Å²) in [6.07, 6.45) is 4.04. The molecular formula is C19H27N7O2. The van der Waals surface area contributed by atoms with Crippen molar-refractivity contribution >= 4 is 22.7 Å². The van der Waals surface area contributed by atoms with Gasteiger partial charge in [-0.15, -0.1) is 0 Å². The van der Waals surface area contributed by atoms with E-state index in [2.05, 4.69) is 47.2 Å². The highest BCUT2D eigenvalue weighted by atomic mass is 16.5. The Kier molecular flexibility index (Phi) is 4.49. The van der Waals surface area contributed by atoms with Crippen molar-refractivity contribution in [1.82, 2.24) is 29.5 Å². The zero-order valence-electron chi connectivity index (χ0n) is 17.0. The third-order valence-corrected chi connectivity index (χ3v) is 5.17. The summed E-state index contributed by atoms with van der Waals surface area (Å²) in [5, 5.41) is 23.6. The molecule has 2 N–H and O–H groups in total. The van der Waals surface area contributed by atoms with Gasteiger partial charge >= 0.3 is 6.01 Å².